The van der Waals surface area contributed by atoms with Crippen LogP contribution in [0.15, 0.2) is 52.7 Å². The van der Waals surface area contributed by atoms with Crippen LogP contribution in [-0.2, 0) is 24.3 Å². The molecule has 0 saturated carbocycles. The molecule has 31 heavy (non-hydrogen) atoms. The monoisotopic (exact) mass is 459 g/mol. The summed E-state index contributed by atoms with van der Waals surface area (Å²) in [6.45, 7) is 0.762. The normalized spacial score (nSPS) is 14.9. The van der Waals surface area contributed by atoms with Gasteiger partial charge in [0, 0.05) is 5.39 Å². The van der Waals surface area contributed by atoms with E-state index < -0.39 is 40.5 Å². The molecule has 4 rings (SSSR count). The largest absolute Gasteiger partial charge is 0.451 e. The minimum Gasteiger partial charge on any atom is -0.451 e. The van der Waals surface area contributed by atoms with Gasteiger partial charge in [-0.15, -0.1) is 11.3 Å². The Morgan fingerprint density at radius 2 is 1.87 bits per heavy atom. The van der Waals surface area contributed by atoms with Gasteiger partial charge in [-0.3, -0.25) is 18.7 Å². The number of nitrogens with two attached hydrogens (primary N) is 1. The van der Waals surface area contributed by atoms with Gasteiger partial charge >= 0.3 is 5.97 Å². The highest BCUT2D eigenvalue weighted by atomic mass is 32.2. The predicted octanol–water partition coefficient (Wildman–Crippen LogP) is 2.08. The molecule has 9 nitrogen and oxygen atoms in total. The fraction of sp³-hybridized carbons (Fsp3) is 0.150. The predicted molar refractivity (Wildman–Crippen MR) is 116 cm³/mol. The Labute approximate surface area is 181 Å². The topological polar surface area (TPSA) is 136 Å². The van der Waals surface area contributed by atoms with Crippen molar-refractivity contribution >= 4 is 60.6 Å². The number of carbonyl (C=O) groups excluding carboxylic acids is 3. The second-order valence-electron chi connectivity index (χ2n) is 6.79. The Hall–Kier alpha value is -3.44. The van der Waals surface area contributed by atoms with Gasteiger partial charge in [-0.25, -0.2) is 8.42 Å². The Bertz CT molecular complexity index is 1330. The van der Waals surface area contributed by atoms with Crippen LogP contribution in [0.4, 0.5) is 10.7 Å². The van der Waals surface area contributed by atoms with Gasteiger partial charge in [-0.05, 0) is 35.9 Å². The lowest BCUT2D eigenvalue weighted by Crippen LogP contribution is -2.37. The summed E-state index contributed by atoms with van der Waals surface area (Å²) in [4.78, 5) is 36.3. The third-order valence-electron chi connectivity index (χ3n) is 4.80. The summed E-state index contributed by atoms with van der Waals surface area (Å²) in [5, 5.41) is 5.59. The Morgan fingerprint density at radius 1 is 1.16 bits per heavy atom. The number of rotatable bonds is 6. The molecule has 11 heteroatoms. The summed E-state index contributed by atoms with van der Waals surface area (Å²) < 4.78 is 32.0. The number of sulfonamides is 1. The standard InChI is InChI=1S/C20H17N3O6S2/c1-11(19(26)22-20-13(18(21)25)8-9-30-20)29-16(24)10-23-14-6-2-4-12-5-3-7-15(17(12)14)31(23,27)28/h2-9,11H,10H2,1H3,(H2,21,25)(H,22,26). The van der Waals surface area contributed by atoms with Crippen molar-refractivity contribution in [2.75, 3.05) is 16.2 Å². The van der Waals surface area contributed by atoms with Crippen LogP contribution in [0.3, 0.4) is 0 Å². The molecule has 3 aromatic rings. The second kappa shape index (κ2) is 7.67. The molecular formula is C20H17N3O6S2. The molecule has 1 aliphatic rings. The number of carbonyl (C=O) groups is 3. The maximum atomic E-state index is 12.9. The number of ether oxygens (including phenoxy) is 1. The molecule has 0 spiro atoms. The molecule has 3 N–H and O–H groups in total. The van der Waals surface area contributed by atoms with Crippen molar-refractivity contribution < 1.29 is 27.5 Å². The minimum atomic E-state index is -3.92. The van der Waals surface area contributed by atoms with E-state index in [1.807, 2.05) is 0 Å². The number of nitrogens with one attached hydrogen (secondary N) is 1. The Kier molecular flexibility index (Phi) is 5.15. The molecule has 1 aliphatic heterocycles. The van der Waals surface area contributed by atoms with Crippen molar-refractivity contribution in [3.63, 3.8) is 0 Å². The van der Waals surface area contributed by atoms with E-state index in [0.717, 1.165) is 21.0 Å². The van der Waals surface area contributed by atoms with Gasteiger partial charge in [0.25, 0.3) is 21.8 Å². The number of anilines is 2. The van der Waals surface area contributed by atoms with Crippen LogP contribution in [0, 0.1) is 0 Å². The molecule has 2 aromatic carbocycles. The number of hydrogen-bond acceptors (Lipinski definition) is 7. The minimum absolute atomic E-state index is 0.121. The summed E-state index contributed by atoms with van der Waals surface area (Å²) in [6, 6.07) is 11.5. The van der Waals surface area contributed by atoms with E-state index in [9.17, 15) is 22.8 Å². The summed E-state index contributed by atoms with van der Waals surface area (Å²) in [6.07, 6.45) is -1.22. The number of nitrogens with zero attached hydrogens (tertiary/aromatic N) is 1. The zero-order valence-corrected chi connectivity index (χ0v) is 17.8. The van der Waals surface area contributed by atoms with Gasteiger partial charge in [0.15, 0.2) is 6.10 Å². The first-order valence-corrected chi connectivity index (χ1v) is 11.4. The van der Waals surface area contributed by atoms with Crippen LogP contribution in [0.5, 0.6) is 0 Å². The number of benzene rings is 2. The van der Waals surface area contributed by atoms with Gasteiger partial charge in [0.2, 0.25) is 0 Å². The zero-order chi connectivity index (χ0) is 22.3. The molecule has 0 radical (unpaired) electrons. The van der Waals surface area contributed by atoms with Crippen LogP contribution in [-0.4, -0.2) is 38.9 Å². The second-order valence-corrected chi connectivity index (χ2v) is 9.54. The average molecular weight is 460 g/mol. The average Bonchev–Trinajstić information content (AvgIpc) is 3.26. The molecule has 2 heterocycles. The highest BCUT2D eigenvalue weighted by Crippen LogP contribution is 2.41. The van der Waals surface area contributed by atoms with Gasteiger partial charge in [0.1, 0.15) is 11.5 Å². The third kappa shape index (κ3) is 3.62. The molecule has 0 fully saturated rings. The van der Waals surface area contributed by atoms with Crippen LogP contribution in [0.1, 0.15) is 17.3 Å². The van der Waals surface area contributed by atoms with E-state index in [4.69, 9.17) is 10.5 Å². The van der Waals surface area contributed by atoms with Gasteiger partial charge in [-0.2, -0.15) is 0 Å². The van der Waals surface area contributed by atoms with Crippen molar-refractivity contribution in [2.45, 2.75) is 17.9 Å². The molecule has 0 bridgehead atoms. The maximum Gasteiger partial charge on any atom is 0.327 e. The highest BCUT2D eigenvalue weighted by Gasteiger charge is 2.37. The zero-order valence-electron chi connectivity index (χ0n) is 16.2. The summed E-state index contributed by atoms with van der Waals surface area (Å²) in [7, 11) is -3.92. The molecular weight excluding hydrogens is 442 g/mol. The lowest BCUT2D eigenvalue weighted by molar-refractivity contribution is -0.151. The highest BCUT2D eigenvalue weighted by molar-refractivity contribution is 7.93. The first-order chi connectivity index (χ1) is 14.7. The van der Waals surface area contributed by atoms with Crippen molar-refractivity contribution in [3.05, 3.63) is 53.4 Å². The Morgan fingerprint density at radius 3 is 2.58 bits per heavy atom. The van der Waals surface area contributed by atoms with E-state index in [1.165, 1.54) is 19.1 Å². The quantitative estimate of drug-likeness (QED) is 0.542. The summed E-state index contributed by atoms with van der Waals surface area (Å²) in [5.41, 5.74) is 5.77. The van der Waals surface area contributed by atoms with Crippen LogP contribution < -0.4 is 15.4 Å². The van der Waals surface area contributed by atoms with E-state index in [1.54, 1.807) is 35.7 Å². The number of hydrogen-bond donors (Lipinski definition) is 2. The first-order valence-electron chi connectivity index (χ1n) is 9.12. The molecule has 160 valence electrons. The van der Waals surface area contributed by atoms with Crippen LogP contribution >= 0.6 is 11.3 Å². The number of esters is 1. The van der Waals surface area contributed by atoms with Crippen LogP contribution in [0.2, 0.25) is 0 Å². The molecule has 1 unspecified atom stereocenters. The van der Waals surface area contributed by atoms with E-state index in [0.29, 0.717) is 11.1 Å². The summed E-state index contributed by atoms with van der Waals surface area (Å²) in [5.74, 6) is -2.26. The van der Waals surface area contributed by atoms with Crippen molar-refractivity contribution in [1.29, 1.82) is 0 Å². The first kappa shape index (κ1) is 20.8. The lowest BCUT2D eigenvalue weighted by atomic mass is 10.1. The van der Waals surface area contributed by atoms with Crippen LogP contribution in [0.25, 0.3) is 10.8 Å². The van der Waals surface area contributed by atoms with Gasteiger partial charge < -0.3 is 15.8 Å². The van der Waals surface area contributed by atoms with Crippen molar-refractivity contribution in [3.8, 4) is 0 Å². The SMILES string of the molecule is CC(OC(=O)CN1c2cccc3cccc(c23)S1(=O)=O)C(=O)Nc1sccc1C(N)=O. The van der Waals surface area contributed by atoms with Gasteiger partial charge in [0.05, 0.1) is 16.1 Å². The van der Waals surface area contributed by atoms with Crippen molar-refractivity contribution in [1.82, 2.24) is 0 Å². The molecule has 0 aliphatic carbocycles. The van der Waals surface area contributed by atoms with E-state index in [2.05, 4.69) is 5.32 Å². The van der Waals surface area contributed by atoms with Gasteiger partial charge in [-0.1, -0.05) is 24.3 Å². The summed E-state index contributed by atoms with van der Waals surface area (Å²) >= 11 is 1.10. The number of amides is 2. The molecule has 1 aromatic heterocycles. The van der Waals surface area contributed by atoms with E-state index >= 15 is 0 Å². The fourth-order valence-electron chi connectivity index (χ4n) is 3.35. The third-order valence-corrected chi connectivity index (χ3v) is 7.43. The lowest BCUT2D eigenvalue weighted by Gasteiger charge is -2.19. The Balaban J connectivity index is 1.48. The number of thiophene rings is 1. The fourth-order valence-corrected chi connectivity index (χ4v) is 5.80. The maximum absolute atomic E-state index is 12.9. The van der Waals surface area contributed by atoms with Crippen molar-refractivity contribution in [2.24, 2.45) is 5.73 Å². The smallest absolute Gasteiger partial charge is 0.327 e. The number of primary amides is 1. The molecule has 1 atom stereocenters. The van der Waals surface area contributed by atoms with E-state index in [-0.39, 0.29) is 15.5 Å². The molecule has 0 saturated heterocycles. The molecule has 2 amide bonds.